The molecule has 2 heterocycles. The lowest BCUT2D eigenvalue weighted by Crippen LogP contribution is -2.48. The summed E-state index contributed by atoms with van der Waals surface area (Å²) in [6, 6.07) is 5.98. The first-order valence-corrected chi connectivity index (χ1v) is 9.33. The molecule has 1 amide bonds. The number of imidazole rings is 1. The summed E-state index contributed by atoms with van der Waals surface area (Å²) in [7, 11) is 4.05. The monoisotopic (exact) mass is 342 g/mol. The highest BCUT2D eigenvalue weighted by molar-refractivity contribution is 5.99. The van der Waals surface area contributed by atoms with Gasteiger partial charge >= 0.3 is 0 Å². The third-order valence-electron chi connectivity index (χ3n) is 5.65. The first-order valence-electron chi connectivity index (χ1n) is 9.33. The van der Waals surface area contributed by atoms with Crippen LogP contribution in [0.15, 0.2) is 24.4 Å². The highest BCUT2D eigenvalue weighted by Gasteiger charge is 2.26. The number of aromatic nitrogens is 2. The molecule has 0 saturated heterocycles. The molecule has 1 N–H and O–H groups in total. The van der Waals surface area contributed by atoms with E-state index in [1.165, 1.54) is 32.1 Å². The number of nitrogens with zero attached hydrogens (tertiary/aromatic N) is 3. The lowest BCUT2D eigenvalue weighted by atomic mass is 9.89. The van der Waals surface area contributed by atoms with Crippen LogP contribution >= 0.6 is 0 Å². The topological polar surface area (TPSA) is 49.6 Å². The van der Waals surface area contributed by atoms with E-state index in [1.807, 2.05) is 38.5 Å². The van der Waals surface area contributed by atoms with Gasteiger partial charge in [0.05, 0.1) is 5.52 Å². The van der Waals surface area contributed by atoms with Crippen LogP contribution in [0, 0.1) is 0 Å². The fraction of sp³-hybridized carbons (Fsp3) is 0.600. The molecule has 1 aliphatic carbocycles. The zero-order valence-electron chi connectivity index (χ0n) is 15.9. The molecule has 5 nitrogen and oxygen atoms in total. The van der Waals surface area contributed by atoms with Crippen molar-refractivity contribution in [2.75, 3.05) is 20.6 Å². The Labute approximate surface area is 150 Å². The van der Waals surface area contributed by atoms with Crippen molar-refractivity contribution >= 4 is 11.4 Å². The number of rotatable bonds is 5. The maximum absolute atomic E-state index is 12.8. The Morgan fingerprint density at radius 1 is 1.28 bits per heavy atom. The smallest absolute Gasteiger partial charge is 0.272 e. The molecule has 0 spiro atoms. The summed E-state index contributed by atoms with van der Waals surface area (Å²) in [5.41, 5.74) is 1.36. The molecular weight excluding hydrogens is 312 g/mol. The Morgan fingerprint density at radius 2 is 2.00 bits per heavy atom. The van der Waals surface area contributed by atoms with Crippen molar-refractivity contribution in [3.05, 3.63) is 35.9 Å². The molecule has 2 aromatic rings. The molecule has 5 heteroatoms. The minimum Gasteiger partial charge on any atom is -0.349 e. The van der Waals surface area contributed by atoms with Crippen LogP contribution < -0.4 is 5.32 Å². The zero-order chi connectivity index (χ0) is 18.0. The molecule has 2 aromatic heterocycles. The molecule has 136 valence electrons. The van der Waals surface area contributed by atoms with E-state index in [4.69, 9.17) is 4.98 Å². The second-order valence-corrected chi connectivity index (χ2v) is 8.00. The summed E-state index contributed by atoms with van der Waals surface area (Å²) in [5.74, 6) is 1.43. The Balaban J connectivity index is 1.87. The second kappa shape index (κ2) is 7.16. The van der Waals surface area contributed by atoms with Gasteiger partial charge < -0.3 is 14.6 Å². The lowest BCUT2D eigenvalue weighted by molar-refractivity contribution is 0.0916. The lowest BCUT2D eigenvalue weighted by Gasteiger charge is -2.32. The summed E-state index contributed by atoms with van der Waals surface area (Å²) in [5, 5.41) is 3.07. The number of fused-ring (bicyclic) bond motifs is 1. The predicted molar refractivity (Wildman–Crippen MR) is 101 cm³/mol. The minimum atomic E-state index is -0.0998. The maximum atomic E-state index is 12.8. The highest BCUT2D eigenvalue weighted by atomic mass is 16.1. The SMILES string of the molecule is CN(C)C(C)(C)CNC(=O)c1nc(C2CCCCC2)n2ccccc12. The average molecular weight is 342 g/mol. The van der Waals surface area contributed by atoms with Gasteiger partial charge in [0.1, 0.15) is 5.82 Å². The minimum absolute atomic E-state index is 0.0827. The van der Waals surface area contributed by atoms with Gasteiger partial charge in [0.2, 0.25) is 0 Å². The van der Waals surface area contributed by atoms with Crippen molar-refractivity contribution in [1.82, 2.24) is 19.6 Å². The normalized spacial score (nSPS) is 16.5. The molecule has 0 unspecified atom stereocenters. The summed E-state index contributed by atoms with van der Waals surface area (Å²) in [4.78, 5) is 19.7. The second-order valence-electron chi connectivity index (χ2n) is 8.00. The molecule has 0 atom stereocenters. The van der Waals surface area contributed by atoms with Crippen LogP contribution in [-0.2, 0) is 0 Å². The number of amides is 1. The van der Waals surface area contributed by atoms with E-state index >= 15 is 0 Å². The van der Waals surface area contributed by atoms with Gasteiger partial charge in [-0.25, -0.2) is 4.98 Å². The molecular formula is C20H30N4O. The van der Waals surface area contributed by atoms with E-state index in [-0.39, 0.29) is 11.4 Å². The van der Waals surface area contributed by atoms with Crippen LogP contribution in [0.1, 0.15) is 68.2 Å². The molecule has 1 fully saturated rings. The third-order valence-corrected chi connectivity index (χ3v) is 5.65. The van der Waals surface area contributed by atoms with Gasteiger partial charge in [0.15, 0.2) is 5.69 Å². The van der Waals surface area contributed by atoms with Crippen molar-refractivity contribution in [3.63, 3.8) is 0 Å². The Morgan fingerprint density at radius 3 is 2.68 bits per heavy atom. The number of likely N-dealkylation sites (N-methyl/N-ethyl adjacent to an activating group) is 1. The molecule has 0 bridgehead atoms. The van der Waals surface area contributed by atoms with E-state index < -0.39 is 0 Å². The summed E-state index contributed by atoms with van der Waals surface area (Å²) < 4.78 is 2.11. The molecule has 1 aliphatic rings. The molecule has 0 aliphatic heterocycles. The summed E-state index contributed by atoms with van der Waals surface area (Å²) in [6.45, 7) is 4.82. The average Bonchev–Trinajstić information content (AvgIpc) is 3.00. The predicted octanol–water partition coefficient (Wildman–Crippen LogP) is 3.45. The summed E-state index contributed by atoms with van der Waals surface area (Å²) in [6.07, 6.45) is 8.20. The number of hydrogen-bond donors (Lipinski definition) is 1. The molecule has 1 saturated carbocycles. The van der Waals surface area contributed by atoms with Gasteiger partial charge in [0, 0.05) is 24.2 Å². The van der Waals surface area contributed by atoms with E-state index in [0.29, 0.717) is 18.2 Å². The van der Waals surface area contributed by atoms with Crippen LogP contribution in [0.25, 0.3) is 5.52 Å². The maximum Gasteiger partial charge on any atom is 0.272 e. The van der Waals surface area contributed by atoms with Crippen LogP contribution in [0.2, 0.25) is 0 Å². The Bertz CT molecular complexity index is 741. The first kappa shape index (κ1) is 17.9. The fourth-order valence-electron chi connectivity index (χ4n) is 3.42. The Kier molecular flexibility index (Phi) is 5.13. The first-order chi connectivity index (χ1) is 11.9. The van der Waals surface area contributed by atoms with Crippen molar-refractivity contribution < 1.29 is 4.79 Å². The Hall–Kier alpha value is -1.88. The summed E-state index contributed by atoms with van der Waals surface area (Å²) >= 11 is 0. The van der Waals surface area contributed by atoms with Crippen molar-refractivity contribution in [3.8, 4) is 0 Å². The van der Waals surface area contributed by atoms with Gasteiger partial charge in [0.25, 0.3) is 5.91 Å². The number of carbonyl (C=O) groups excluding carboxylic acids is 1. The molecule has 0 aromatic carbocycles. The van der Waals surface area contributed by atoms with Gasteiger partial charge in [-0.3, -0.25) is 4.79 Å². The number of nitrogens with one attached hydrogen (secondary N) is 1. The zero-order valence-corrected chi connectivity index (χ0v) is 15.9. The van der Waals surface area contributed by atoms with Crippen LogP contribution in [0.5, 0.6) is 0 Å². The van der Waals surface area contributed by atoms with Crippen LogP contribution in [-0.4, -0.2) is 46.4 Å². The third kappa shape index (κ3) is 3.71. The van der Waals surface area contributed by atoms with Crippen LogP contribution in [0.4, 0.5) is 0 Å². The number of carbonyl (C=O) groups is 1. The largest absolute Gasteiger partial charge is 0.349 e. The van der Waals surface area contributed by atoms with E-state index in [9.17, 15) is 4.79 Å². The number of pyridine rings is 1. The van der Waals surface area contributed by atoms with E-state index in [1.54, 1.807) is 0 Å². The van der Waals surface area contributed by atoms with Crippen molar-refractivity contribution in [1.29, 1.82) is 0 Å². The highest BCUT2D eigenvalue weighted by Crippen LogP contribution is 2.33. The van der Waals surface area contributed by atoms with E-state index in [2.05, 4.69) is 28.5 Å². The van der Waals surface area contributed by atoms with E-state index in [0.717, 1.165) is 11.3 Å². The quantitative estimate of drug-likeness (QED) is 0.905. The molecule has 0 radical (unpaired) electrons. The van der Waals surface area contributed by atoms with Crippen LogP contribution in [0.3, 0.4) is 0 Å². The standard InChI is InChI=1S/C20H30N4O/c1-20(2,23(3)4)14-21-19(25)17-16-12-8-9-13-24(16)18(22-17)15-10-6-5-7-11-15/h8-9,12-13,15H,5-7,10-11,14H2,1-4H3,(H,21,25). The van der Waals surface area contributed by atoms with Gasteiger partial charge in [-0.05, 0) is 52.9 Å². The molecule has 3 rings (SSSR count). The van der Waals surface area contributed by atoms with Crippen molar-refractivity contribution in [2.45, 2.75) is 57.4 Å². The molecule has 25 heavy (non-hydrogen) atoms. The van der Waals surface area contributed by atoms with Gasteiger partial charge in [-0.15, -0.1) is 0 Å². The van der Waals surface area contributed by atoms with Gasteiger partial charge in [-0.2, -0.15) is 0 Å². The number of hydrogen-bond acceptors (Lipinski definition) is 3. The fourth-order valence-corrected chi connectivity index (χ4v) is 3.42. The van der Waals surface area contributed by atoms with Gasteiger partial charge in [-0.1, -0.05) is 25.3 Å². The van der Waals surface area contributed by atoms with Crippen molar-refractivity contribution in [2.24, 2.45) is 0 Å².